The molecule has 0 unspecified atom stereocenters. The molecule has 0 N–H and O–H groups in total. The Bertz CT molecular complexity index is 1410. The van der Waals surface area contributed by atoms with Gasteiger partial charge in [-0.2, -0.15) is 4.57 Å². The van der Waals surface area contributed by atoms with Gasteiger partial charge in [0.25, 0.3) is 0 Å². The summed E-state index contributed by atoms with van der Waals surface area (Å²) in [5.74, 6) is 0. The number of fused-ring (bicyclic) bond motifs is 2. The van der Waals surface area contributed by atoms with Crippen LogP contribution in [0.1, 0.15) is 44.4 Å². The Hall–Kier alpha value is -2.63. The van der Waals surface area contributed by atoms with E-state index in [9.17, 15) is 0 Å². The molecule has 0 atom stereocenters. The first kappa shape index (κ1) is 26.4. The number of aromatic nitrogens is 1. The molecule has 36 heavy (non-hydrogen) atoms. The number of para-hydroxylation sites is 2. The lowest BCUT2D eigenvalue weighted by Crippen LogP contribution is -3.00. The topological polar surface area (TPSA) is 7.12 Å². The lowest BCUT2D eigenvalue weighted by atomic mass is 9.93. The van der Waals surface area contributed by atoms with Gasteiger partial charge in [-0.3, -0.25) is 0 Å². The number of pyridine rings is 1. The highest BCUT2D eigenvalue weighted by Crippen LogP contribution is 2.35. The van der Waals surface area contributed by atoms with Crippen LogP contribution in [0.15, 0.2) is 107 Å². The molecule has 3 aromatic rings. The SMILES string of the molecule is CCN1/C(=C/C=C2\CCCC(/C=C/c3ccc4ccccc4[n+]3CC)=C2Cl)C=Cc2ccccc21.[I-]. The van der Waals surface area contributed by atoms with E-state index in [1.54, 1.807) is 0 Å². The predicted octanol–water partition coefficient (Wildman–Crippen LogP) is 5.20. The Morgan fingerprint density at radius 2 is 1.69 bits per heavy atom. The number of hydrogen-bond acceptors (Lipinski definition) is 1. The van der Waals surface area contributed by atoms with Crippen molar-refractivity contribution in [3.05, 3.63) is 118 Å². The second-order valence-electron chi connectivity index (χ2n) is 9.01. The third-order valence-electron chi connectivity index (χ3n) is 6.94. The van der Waals surface area contributed by atoms with Crippen molar-refractivity contribution in [1.29, 1.82) is 0 Å². The molecule has 0 amide bonds. The molecule has 0 radical (unpaired) electrons. The van der Waals surface area contributed by atoms with Crippen LogP contribution in [0, 0.1) is 0 Å². The highest BCUT2D eigenvalue weighted by Gasteiger charge is 2.17. The standard InChI is InChI=1S/C32H32ClN2.HI/c1-3-34-28(20-16-24-10-5-7-14-30(24)34)22-18-26-12-9-13-27(32(26)33)19-23-29-21-17-25-11-6-8-15-31(25)35(29)4-2;/h5-8,10-11,14-23H,3-4,9,12-13H2,1-2H3;1H/q+1;/p-1. The zero-order valence-electron chi connectivity index (χ0n) is 20.9. The Morgan fingerprint density at radius 1 is 0.889 bits per heavy atom. The number of halogens is 2. The van der Waals surface area contributed by atoms with Crippen molar-refractivity contribution in [1.82, 2.24) is 0 Å². The molecule has 2 nitrogen and oxygen atoms in total. The first-order chi connectivity index (χ1) is 17.2. The number of allylic oxidation sites excluding steroid dienone is 7. The second kappa shape index (κ2) is 12.1. The largest absolute Gasteiger partial charge is 1.00 e. The quantitative estimate of drug-likeness (QED) is 0.286. The highest BCUT2D eigenvalue weighted by molar-refractivity contribution is 6.32. The van der Waals surface area contributed by atoms with Gasteiger partial charge in [0, 0.05) is 46.6 Å². The third kappa shape index (κ3) is 5.37. The van der Waals surface area contributed by atoms with Gasteiger partial charge in [-0.15, -0.1) is 0 Å². The molecule has 0 saturated heterocycles. The summed E-state index contributed by atoms with van der Waals surface area (Å²) >= 11 is 6.95. The van der Waals surface area contributed by atoms with Gasteiger partial charge in [0.2, 0.25) is 11.2 Å². The number of nitrogens with zero attached hydrogens (tertiary/aromatic N) is 2. The minimum atomic E-state index is 0. The van der Waals surface area contributed by atoms with Crippen LogP contribution in [-0.2, 0) is 6.54 Å². The van der Waals surface area contributed by atoms with Crippen molar-refractivity contribution in [2.24, 2.45) is 0 Å². The van der Waals surface area contributed by atoms with Crippen molar-refractivity contribution in [3.8, 4) is 0 Å². The number of rotatable bonds is 5. The molecule has 2 aliphatic rings. The average Bonchev–Trinajstić information content (AvgIpc) is 2.91. The van der Waals surface area contributed by atoms with E-state index in [4.69, 9.17) is 11.6 Å². The summed E-state index contributed by atoms with van der Waals surface area (Å²) in [7, 11) is 0. The van der Waals surface area contributed by atoms with E-state index in [0.717, 1.165) is 37.4 Å². The molecule has 1 aliphatic heterocycles. The molecule has 1 aromatic heterocycles. The van der Waals surface area contributed by atoms with Gasteiger partial charge in [-0.25, -0.2) is 0 Å². The fourth-order valence-electron chi connectivity index (χ4n) is 5.13. The number of aryl methyl sites for hydroxylation is 1. The van der Waals surface area contributed by atoms with Crippen molar-refractivity contribution in [2.75, 3.05) is 11.4 Å². The Kier molecular flexibility index (Phi) is 8.86. The molecule has 184 valence electrons. The molecule has 2 aromatic carbocycles. The molecular weight excluding hydrogens is 575 g/mol. The molecule has 0 spiro atoms. The summed E-state index contributed by atoms with van der Waals surface area (Å²) in [5.41, 5.74) is 8.62. The van der Waals surface area contributed by atoms with Crippen LogP contribution >= 0.6 is 11.6 Å². The van der Waals surface area contributed by atoms with Gasteiger partial charge < -0.3 is 28.9 Å². The molecule has 4 heteroatoms. The van der Waals surface area contributed by atoms with Crippen LogP contribution < -0.4 is 33.4 Å². The van der Waals surface area contributed by atoms with Gasteiger partial charge >= 0.3 is 0 Å². The molecule has 0 saturated carbocycles. The van der Waals surface area contributed by atoms with E-state index in [-0.39, 0.29) is 24.0 Å². The Balaban J connectivity index is 0.00000304. The number of anilines is 1. The monoisotopic (exact) mass is 606 g/mol. The maximum atomic E-state index is 6.95. The number of likely N-dealkylation sites (N-methyl/N-ethyl adjacent to an activating group) is 1. The summed E-state index contributed by atoms with van der Waals surface area (Å²) in [5, 5.41) is 2.16. The molecular formula is C32H32ClIN2. The molecule has 0 fully saturated rings. The summed E-state index contributed by atoms with van der Waals surface area (Å²) in [6, 6.07) is 21.5. The summed E-state index contributed by atoms with van der Waals surface area (Å²) in [6.45, 7) is 6.25. The van der Waals surface area contributed by atoms with Gasteiger partial charge in [-0.05, 0) is 80.2 Å². The summed E-state index contributed by atoms with van der Waals surface area (Å²) < 4.78 is 2.36. The molecule has 0 bridgehead atoms. The number of hydrogen-bond donors (Lipinski definition) is 0. The Morgan fingerprint density at radius 3 is 2.53 bits per heavy atom. The van der Waals surface area contributed by atoms with E-state index in [2.05, 4.69) is 120 Å². The average molecular weight is 607 g/mol. The highest BCUT2D eigenvalue weighted by atomic mass is 127. The van der Waals surface area contributed by atoms with Crippen LogP contribution in [-0.4, -0.2) is 6.54 Å². The zero-order chi connectivity index (χ0) is 24.2. The number of benzene rings is 2. The fraction of sp³-hybridized carbons (Fsp3) is 0.219. The maximum absolute atomic E-state index is 6.95. The van der Waals surface area contributed by atoms with Gasteiger partial charge in [0.15, 0.2) is 0 Å². The summed E-state index contributed by atoms with van der Waals surface area (Å²) in [6.07, 6.45) is 16.4. The van der Waals surface area contributed by atoms with Gasteiger partial charge in [0.05, 0.1) is 0 Å². The minimum absolute atomic E-state index is 0. The van der Waals surface area contributed by atoms with Gasteiger partial charge in [0.1, 0.15) is 6.54 Å². The maximum Gasteiger partial charge on any atom is 0.212 e. The normalized spacial score (nSPS) is 17.8. The van der Waals surface area contributed by atoms with Crippen molar-refractivity contribution >= 4 is 40.3 Å². The van der Waals surface area contributed by atoms with E-state index < -0.39 is 0 Å². The molecule has 5 rings (SSSR count). The van der Waals surface area contributed by atoms with E-state index >= 15 is 0 Å². The lowest BCUT2D eigenvalue weighted by Gasteiger charge is -2.29. The first-order valence-electron chi connectivity index (χ1n) is 12.6. The van der Waals surface area contributed by atoms with Crippen LogP contribution in [0.4, 0.5) is 5.69 Å². The minimum Gasteiger partial charge on any atom is -1.00 e. The summed E-state index contributed by atoms with van der Waals surface area (Å²) in [4.78, 5) is 2.36. The van der Waals surface area contributed by atoms with Crippen LogP contribution in [0.5, 0.6) is 0 Å². The van der Waals surface area contributed by atoms with Crippen molar-refractivity contribution in [2.45, 2.75) is 39.7 Å². The van der Waals surface area contributed by atoms with Crippen LogP contribution in [0.25, 0.3) is 23.1 Å². The van der Waals surface area contributed by atoms with Gasteiger partial charge in [-0.1, -0.05) is 60.2 Å². The predicted molar refractivity (Wildman–Crippen MR) is 150 cm³/mol. The Labute approximate surface area is 237 Å². The van der Waals surface area contributed by atoms with Crippen molar-refractivity contribution < 1.29 is 28.5 Å². The molecule has 2 heterocycles. The lowest BCUT2D eigenvalue weighted by molar-refractivity contribution is -0.669. The van der Waals surface area contributed by atoms with Crippen LogP contribution in [0.3, 0.4) is 0 Å². The van der Waals surface area contributed by atoms with E-state index in [1.807, 2.05) is 0 Å². The van der Waals surface area contributed by atoms with Crippen LogP contribution in [0.2, 0.25) is 0 Å². The van der Waals surface area contributed by atoms with E-state index in [1.165, 1.54) is 44.7 Å². The fourth-order valence-corrected chi connectivity index (χ4v) is 5.45. The van der Waals surface area contributed by atoms with E-state index in [0.29, 0.717) is 0 Å². The first-order valence-corrected chi connectivity index (χ1v) is 13.0. The second-order valence-corrected chi connectivity index (χ2v) is 9.39. The zero-order valence-corrected chi connectivity index (χ0v) is 23.8. The van der Waals surface area contributed by atoms with Crippen molar-refractivity contribution in [3.63, 3.8) is 0 Å². The smallest absolute Gasteiger partial charge is 0.212 e. The molecule has 1 aliphatic carbocycles. The third-order valence-corrected chi connectivity index (χ3v) is 7.43.